The number of aromatic nitrogens is 2. The van der Waals surface area contributed by atoms with Gasteiger partial charge in [-0.25, -0.2) is 0 Å². The topological polar surface area (TPSA) is 82.3 Å². The summed E-state index contributed by atoms with van der Waals surface area (Å²) in [6.45, 7) is 5.93. The molecule has 7 nitrogen and oxygen atoms in total. The molecule has 2 atom stereocenters. The minimum absolute atomic E-state index is 0.0686. The standard InChI is InChI=1S/C24H27N5O2S/c1-5-21(30)27-18-10-9-16(13-20(18)31-4)29-23(17-12-14(2)26-15(17)3)22(28-24(29)32)19-8-6-7-11-25-19/h6-13,22-23,26H,5H2,1-4H3,(H,27,30)(H,28,32)/t22-,23+/m1/s1. The number of rotatable bonds is 6. The van der Waals surface area contributed by atoms with Crippen LogP contribution in [-0.4, -0.2) is 28.1 Å². The first-order chi connectivity index (χ1) is 15.4. The highest BCUT2D eigenvalue weighted by molar-refractivity contribution is 7.80. The van der Waals surface area contributed by atoms with E-state index in [1.807, 2.05) is 50.2 Å². The highest BCUT2D eigenvalue weighted by Gasteiger charge is 2.42. The largest absolute Gasteiger partial charge is 0.494 e. The van der Waals surface area contributed by atoms with Crippen LogP contribution in [0.1, 0.15) is 48.1 Å². The Hall–Kier alpha value is -3.39. The summed E-state index contributed by atoms with van der Waals surface area (Å²) < 4.78 is 5.58. The molecule has 3 aromatic rings. The van der Waals surface area contributed by atoms with E-state index in [2.05, 4.69) is 38.5 Å². The lowest BCUT2D eigenvalue weighted by Crippen LogP contribution is -2.29. The monoisotopic (exact) mass is 449 g/mol. The van der Waals surface area contributed by atoms with Crippen LogP contribution in [0.4, 0.5) is 11.4 Å². The van der Waals surface area contributed by atoms with Gasteiger partial charge in [0.25, 0.3) is 0 Å². The molecule has 0 saturated carbocycles. The van der Waals surface area contributed by atoms with E-state index in [1.54, 1.807) is 13.3 Å². The van der Waals surface area contributed by atoms with Crippen molar-refractivity contribution in [1.29, 1.82) is 0 Å². The molecule has 0 aliphatic carbocycles. The van der Waals surface area contributed by atoms with Crippen molar-refractivity contribution in [3.8, 4) is 5.75 Å². The number of thiocarbonyl (C=S) groups is 1. The zero-order chi connectivity index (χ0) is 22.8. The average molecular weight is 450 g/mol. The molecule has 0 unspecified atom stereocenters. The molecule has 32 heavy (non-hydrogen) atoms. The zero-order valence-corrected chi connectivity index (χ0v) is 19.4. The molecular formula is C24H27N5O2S. The summed E-state index contributed by atoms with van der Waals surface area (Å²) in [5.74, 6) is 0.509. The minimum atomic E-state index is -0.122. The average Bonchev–Trinajstić information content (AvgIpc) is 3.32. The SMILES string of the molecule is CCC(=O)Nc1ccc(N2C(=S)N[C@H](c3ccccn3)[C@@H]2c2cc(C)[nH]c2C)cc1OC. The number of amides is 1. The summed E-state index contributed by atoms with van der Waals surface area (Å²) in [5, 5.41) is 6.96. The van der Waals surface area contributed by atoms with Crippen LogP contribution in [0.5, 0.6) is 5.75 Å². The molecule has 0 bridgehead atoms. The molecule has 1 fully saturated rings. The molecule has 3 heterocycles. The van der Waals surface area contributed by atoms with Crippen molar-refractivity contribution in [2.45, 2.75) is 39.3 Å². The number of carbonyl (C=O) groups is 1. The first kappa shape index (κ1) is 21.8. The predicted molar refractivity (Wildman–Crippen MR) is 130 cm³/mol. The Morgan fingerprint density at radius 1 is 1.25 bits per heavy atom. The second kappa shape index (κ2) is 9.00. The molecule has 1 aromatic carbocycles. The number of hydrogen-bond donors (Lipinski definition) is 3. The summed E-state index contributed by atoms with van der Waals surface area (Å²) in [4.78, 5) is 22.0. The number of H-pyrrole nitrogens is 1. The van der Waals surface area contributed by atoms with E-state index >= 15 is 0 Å². The van der Waals surface area contributed by atoms with Crippen LogP contribution in [0.15, 0.2) is 48.7 Å². The van der Waals surface area contributed by atoms with E-state index in [0.29, 0.717) is 23.0 Å². The van der Waals surface area contributed by atoms with Gasteiger partial charge in [-0.3, -0.25) is 9.78 Å². The summed E-state index contributed by atoms with van der Waals surface area (Å²) >= 11 is 5.79. The number of nitrogens with one attached hydrogen (secondary N) is 3. The van der Waals surface area contributed by atoms with Crippen molar-refractivity contribution in [3.63, 3.8) is 0 Å². The highest BCUT2D eigenvalue weighted by atomic mass is 32.1. The Balaban J connectivity index is 1.80. The third kappa shape index (κ3) is 4.05. The lowest BCUT2D eigenvalue weighted by atomic mass is 9.96. The van der Waals surface area contributed by atoms with Gasteiger partial charge in [-0.15, -0.1) is 0 Å². The maximum absolute atomic E-state index is 11.9. The van der Waals surface area contributed by atoms with Crippen LogP contribution in [0, 0.1) is 13.8 Å². The Morgan fingerprint density at radius 2 is 2.06 bits per heavy atom. The summed E-state index contributed by atoms with van der Waals surface area (Å²) in [6, 6.07) is 13.5. The molecule has 2 aromatic heterocycles. The van der Waals surface area contributed by atoms with Crippen molar-refractivity contribution in [2.75, 3.05) is 17.3 Å². The molecular weight excluding hydrogens is 422 g/mol. The molecule has 4 rings (SSSR count). The van der Waals surface area contributed by atoms with Gasteiger partial charge in [0.2, 0.25) is 5.91 Å². The van der Waals surface area contributed by atoms with Crippen LogP contribution in [0.2, 0.25) is 0 Å². The van der Waals surface area contributed by atoms with Crippen LogP contribution in [0.25, 0.3) is 0 Å². The molecule has 8 heteroatoms. The number of aryl methyl sites for hydroxylation is 2. The first-order valence-corrected chi connectivity index (χ1v) is 11.0. The van der Waals surface area contributed by atoms with E-state index in [4.69, 9.17) is 17.0 Å². The first-order valence-electron chi connectivity index (χ1n) is 10.6. The fraction of sp³-hybridized carbons (Fsp3) is 0.292. The van der Waals surface area contributed by atoms with Crippen molar-refractivity contribution < 1.29 is 9.53 Å². The second-order valence-corrected chi connectivity index (χ2v) is 8.20. The van der Waals surface area contributed by atoms with Gasteiger partial charge in [-0.05, 0) is 62.0 Å². The number of ether oxygens (including phenoxy) is 1. The Bertz CT molecular complexity index is 1140. The van der Waals surface area contributed by atoms with Gasteiger partial charge in [0, 0.05) is 35.8 Å². The number of hydrogen-bond acceptors (Lipinski definition) is 4. The van der Waals surface area contributed by atoms with Crippen LogP contribution >= 0.6 is 12.2 Å². The molecule has 166 valence electrons. The Labute approximate surface area is 193 Å². The second-order valence-electron chi connectivity index (χ2n) is 7.82. The molecule has 1 aliphatic rings. The fourth-order valence-corrected chi connectivity index (χ4v) is 4.52. The van der Waals surface area contributed by atoms with Gasteiger partial charge in [0.05, 0.1) is 30.6 Å². The third-order valence-electron chi connectivity index (χ3n) is 5.66. The van der Waals surface area contributed by atoms with E-state index in [0.717, 1.165) is 28.3 Å². The molecule has 3 N–H and O–H groups in total. The smallest absolute Gasteiger partial charge is 0.224 e. The van der Waals surface area contributed by atoms with Gasteiger partial charge in [-0.1, -0.05) is 13.0 Å². The van der Waals surface area contributed by atoms with Gasteiger partial charge < -0.3 is 25.3 Å². The normalized spacial score (nSPS) is 17.9. The summed E-state index contributed by atoms with van der Waals surface area (Å²) in [5.41, 5.74) is 5.74. The van der Waals surface area contributed by atoms with E-state index in [-0.39, 0.29) is 18.0 Å². The number of aromatic amines is 1. The van der Waals surface area contributed by atoms with Gasteiger partial charge in [0.15, 0.2) is 5.11 Å². The molecule has 1 amide bonds. The Kier molecular flexibility index (Phi) is 6.14. The number of carbonyl (C=O) groups excluding carboxylic acids is 1. The maximum atomic E-state index is 11.9. The van der Waals surface area contributed by atoms with Crippen molar-refractivity contribution in [3.05, 3.63) is 71.3 Å². The van der Waals surface area contributed by atoms with Gasteiger partial charge >= 0.3 is 0 Å². The quantitative estimate of drug-likeness (QED) is 0.479. The fourth-order valence-electron chi connectivity index (χ4n) is 4.17. The van der Waals surface area contributed by atoms with Crippen molar-refractivity contribution >= 4 is 34.6 Å². The highest BCUT2D eigenvalue weighted by Crippen LogP contribution is 2.44. The van der Waals surface area contributed by atoms with Crippen molar-refractivity contribution in [1.82, 2.24) is 15.3 Å². The minimum Gasteiger partial charge on any atom is -0.494 e. The molecule has 0 spiro atoms. The predicted octanol–water partition coefficient (Wildman–Crippen LogP) is 4.56. The lowest BCUT2D eigenvalue weighted by Gasteiger charge is -2.28. The molecule has 1 saturated heterocycles. The summed E-state index contributed by atoms with van der Waals surface area (Å²) in [7, 11) is 1.59. The van der Waals surface area contributed by atoms with Crippen molar-refractivity contribution in [2.24, 2.45) is 0 Å². The number of methoxy groups -OCH3 is 1. The molecule has 0 radical (unpaired) electrons. The van der Waals surface area contributed by atoms with E-state index in [9.17, 15) is 4.79 Å². The van der Waals surface area contributed by atoms with E-state index in [1.165, 1.54) is 0 Å². The summed E-state index contributed by atoms with van der Waals surface area (Å²) in [6.07, 6.45) is 2.19. The van der Waals surface area contributed by atoms with Crippen LogP contribution in [-0.2, 0) is 4.79 Å². The molecule has 1 aliphatic heterocycles. The van der Waals surface area contributed by atoms with Gasteiger partial charge in [-0.2, -0.15) is 0 Å². The maximum Gasteiger partial charge on any atom is 0.224 e. The number of pyridine rings is 1. The number of benzene rings is 1. The zero-order valence-electron chi connectivity index (χ0n) is 18.6. The lowest BCUT2D eigenvalue weighted by molar-refractivity contribution is -0.115. The van der Waals surface area contributed by atoms with E-state index < -0.39 is 0 Å². The Morgan fingerprint density at radius 3 is 2.69 bits per heavy atom. The number of anilines is 2. The number of nitrogens with zero attached hydrogens (tertiary/aromatic N) is 2. The van der Waals surface area contributed by atoms with Gasteiger partial charge in [0.1, 0.15) is 5.75 Å². The third-order valence-corrected chi connectivity index (χ3v) is 5.98. The van der Waals surface area contributed by atoms with Crippen LogP contribution < -0.4 is 20.3 Å². The van der Waals surface area contributed by atoms with Crippen LogP contribution in [0.3, 0.4) is 0 Å².